The topological polar surface area (TPSA) is 33.7 Å². The Hall–Kier alpha value is -0.150. The van der Waals surface area contributed by atoms with Crippen LogP contribution in [0.1, 0.15) is 6.92 Å². The molecule has 1 heterocycles. The first-order valence-corrected chi connectivity index (χ1v) is 5.88. The number of likely N-dealkylation sites (N-methyl/N-ethyl adjacent to an activating group) is 1. The van der Waals surface area contributed by atoms with E-state index in [4.69, 9.17) is 9.47 Å². The molecule has 0 spiro atoms. The number of methoxy groups -OCH3 is 1. The lowest BCUT2D eigenvalue weighted by atomic mass is 10.2. The van der Waals surface area contributed by atoms with E-state index in [1.165, 1.54) is 5.70 Å². The van der Waals surface area contributed by atoms with Gasteiger partial charge in [0.25, 0.3) is 0 Å². The van der Waals surface area contributed by atoms with E-state index in [1.807, 2.05) is 0 Å². The van der Waals surface area contributed by atoms with E-state index in [2.05, 4.69) is 32.4 Å². The SMILES string of the molecule is CCN(CCOC)C1=CC(NP)COC1. The van der Waals surface area contributed by atoms with E-state index in [0.29, 0.717) is 12.6 Å². The zero-order valence-electron chi connectivity index (χ0n) is 9.53. The Labute approximate surface area is 94.3 Å². The summed E-state index contributed by atoms with van der Waals surface area (Å²) in [4.78, 5) is 2.29. The number of ether oxygens (including phenoxy) is 2. The minimum atomic E-state index is 0.301. The summed E-state index contributed by atoms with van der Waals surface area (Å²) in [6.07, 6.45) is 2.23. The van der Waals surface area contributed by atoms with Crippen molar-refractivity contribution in [1.29, 1.82) is 0 Å². The molecule has 5 heteroatoms. The standard InChI is InChI=1S/C10H21N2O2P/c1-3-12(4-5-13-2)10-6-9(11-15)7-14-8-10/h6,9,11H,3-5,7-8,15H2,1-2H3. The lowest BCUT2D eigenvalue weighted by Gasteiger charge is -2.30. The van der Waals surface area contributed by atoms with E-state index in [1.54, 1.807) is 7.11 Å². The maximum atomic E-state index is 5.52. The number of nitrogens with zero attached hydrogens (tertiary/aromatic N) is 1. The lowest BCUT2D eigenvalue weighted by molar-refractivity contribution is 0.101. The van der Waals surface area contributed by atoms with Gasteiger partial charge in [-0.3, -0.25) is 5.09 Å². The second kappa shape index (κ2) is 7.18. The molecule has 0 aromatic carbocycles. The molecule has 1 aliphatic rings. The first kappa shape index (κ1) is 12.9. The minimum absolute atomic E-state index is 0.301. The molecule has 1 rings (SSSR count). The van der Waals surface area contributed by atoms with Gasteiger partial charge >= 0.3 is 0 Å². The molecule has 2 unspecified atom stereocenters. The molecule has 0 amide bonds. The first-order chi connectivity index (χ1) is 7.31. The quantitative estimate of drug-likeness (QED) is 0.681. The van der Waals surface area contributed by atoms with Crippen molar-refractivity contribution in [3.05, 3.63) is 11.8 Å². The van der Waals surface area contributed by atoms with Gasteiger partial charge in [-0.05, 0) is 13.0 Å². The van der Waals surface area contributed by atoms with Crippen molar-refractivity contribution < 1.29 is 9.47 Å². The number of hydrogen-bond acceptors (Lipinski definition) is 4. The highest BCUT2D eigenvalue weighted by Gasteiger charge is 2.16. The lowest BCUT2D eigenvalue weighted by Crippen LogP contribution is -2.36. The van der Waals surface area contributed by atoms with Gasteiger partial charge in [-0.2, -0.15) is 0 Å². The van der Waals surface area contributed by atoms with Crippen LogP contribution in [0.5, 0.6) is 0 Å². The molecule has 0 radical (unpaired) electrons. The van der Waals surface area contributed by atoms with Gasteiger partial charge in [0.1, 0.15) is 0 Å². The summed E-state index contributed by atoms with van der Waals surface area (Å²) >= 11 is 0. The Morgan fingerprint density at radius 1 is 1.73 bits per heavy atom. The fraction of sp³-hybridized carbons (Fsp3) is 0.800. The highest BCUT2D eigenvalue weighted by Crippen LogP contribution is 2.12. The molecule has 0 fully saturated rings. The maximum absolute atomic E-state index is 5.52. The predicted molar refractivity (Wildman–Crippen MR) is 64.7 cm³/mol. The molecule has 88 valence electrons. The van der Waals surface area contributed by atoms with Crippen LogP contribution in [-0.2, 0) is 9.47 Å². The van der Waals surface area contributed by atoms with E-state index < -0.39 is 0 Å². The Balaban J connectivity index is 2.53. The highest BCUT2D eigenvalue weighted by molar-refractivity contribution is 7.13. The Morgan fingerprint density at radius 3 is 3.13 bits per heavy atom. The molecule has 1 aliphatic heterocycles. The van der Waals surface area contributed by atoms with Gasteiger partial charge in [0, 0.05) is 25.9 Å². The van der Waals surface area contributed by atoms with Gasteiger partial charge in [-0.1, -0.05) is 9.39 Å². The average Bonchev–Trinajstić information content (AvgIpc) is 2.30. The van der Waals surface area contributed by atoms with Crippen molar-refractivity contribution in [3.8, 4) is 0 Å². The number of nitrogens with one attached hydrogen (secondary N) is 1. The predicted octanol–water partition coefficient (Wildman–Crippen LogP) is 0.617. The zero-order valence-corrected chi connectivity index (χ0v) is 10.7. The molecular weight excluding hydrogens is 211 g/mol. The second-order valence-electron chi connectivity index (χ2n) is 3.52. The van der Waals surface area contributed by atoms with Crippen molar-refractivity contribution >= 4 is 9.39 Å². The molecule has 0 aliphatic carbocycles. The summed E-state index contributed by atoms with van der Waals surface area (Å²) < 4.78 is 10.6. The highest BCUT2D eigenvalue weighted by atomic mass is 31.0. The monoisotopic (exact) mass is 232 g/mol. The van der Waals surface area contributed by atoms with Gasteiger partial charge in [-0.15, -0.1) is 0 Å². The van der Waals surface area contributed by atoms with Crippen molar-refractivity contribution in [3.63, 3.8) is 0 Å². The van der Waals surface area contributed by atoms with E-state index >= 15 is 0 Å². The average molecular weight is 232 g/mol. The van der Waals surface area contributed by atoms with Crippen LogP contribution < -0.4 is 5.09 Å². The normalized spacial score (nSPS) is 21.3. The van der Waals surface area contributed by atoms with Gasteiger partial charge < -0.3 is 14.4 Å². The van der Waals surface area contributed by atoms with Crippen LogP contribution in [0.15, 0.2) is 11.8 Å². The van der Waals surface area contributed by atoms with Crippen LogP contribution in [0.2, 0.25) is 0 Å². The third kappa shape index (κ3) is 4.07. The molecule has 0 aromatic heterocycles. The maximum Gasteiger partial charge on any atom is 0.0862 e. The van der Waals surface area contributed by atoms with Gasteiger partial charge in [0.15, 0.2) is 0 Å². The summed E-state index contributed by atoms with van der Waals surface area (Å²) in [5.41, 5.74) is 1.25. The molecule has 0 saturated heterocycles. The Morgan fingerprint density at radius 2 is 2.53 bits per heavy atom. The van der Waals surface area contributed by atoms with Crippen molar-refractivity contribution in [2.75, 3.05) is 40.0 Å². The fourth-order valence-electron chi connectivity index (χ4n) is 1.62. The molecule has 15 heavy (non-hydrogen) atoms. The molecular formula is C10H21N2O2P. The Bertz CT molecular complexity index is 212. The minimum Gasteiger partial charge on any atom is -0.383 e. The van der Waals surface area contributed by atoms with Crippen LogP contribution in [0, 0.1) is 0 Å². The van der Waals surface area contributed by atoms with Crippen LogP contribution in [-0.4, -0.2) is 51.0 Å². The summed E-state index contributed by atoms with van der Waals surface area (Å²) in [6.45, 7) is 6.27. The zero-order chi connectivity index (χ0) is 11.1. The van der Waals surface area contributed by atoms with Crippen LogP contribution in [0.3, 0.4) is 0 Å². The summed E-state index contributed by atoms with van der Waals surface area (Å²) in [6, 6.07) is 0.301. The molecule has 2 atom stereocenters. The van der Waals surface area contributed by atoms with Crippen LogP contribution in [0.4, 0.5) is 0 Å². The van der Waals surface area contributed by atoms with Gasteiger partial charge in [-0.25, -0.2) is 0 Å². The third-order valence-corrected chi connectivity index (χ3v) is 2.94. The smallest absolute Gasteiger partial charge is 0.0862 e. The van der Waals surface area contributed by atoms with Gasteiger partial charge in [0.2, 0.25) is 0 Å². The number of rotatable bonds is 6. The van der Waals surface area contributed by atoms with E-state index in [-0.39, 0.29) is 0 Å². The first-order valence-electron chi connectivity index (χ1n) is 5.30. The molecule has 0 bridgehead atoms. The Kier molecular flexibility index (Phi) is 6.18. The van der Waals surface area contributed by atoms with Crippen molar-refractivity contribution in [2.45, 2.75) is 13.0 Å². The molecule has 1 N–H and O–H groups in total. The third-order valence-electron chi connectivity index (χ3n) is 2.51. The van der Waals surface area contributed by atoms with Crippen LogP contribution in [0.25, 0.3) is 0 Å². The largest absolute Gasteiger partial charge is 0.383 e. The fourth-order valence-corrected chi connectivity index (χ4v) is 1.81. The molecule has 4 nitrogen and oxygen atoms in total. The van der Waals surface area contributed by atoms with E-state index in [9.17, 15) is 0 Å². The van der Waals surface area contributed by atoms with Crippen molar-refractivity contribution in [1.82, 2.24) is 9.99 Å². The van der Waals surface area contributed by atoms with E-state index in [0.717, 1.165) is 26.3 Å². The number of hydrogen-bond donors (Lipinski definition) is 1. The summed E-state index contributed by atoms with van der Waals surface area (Å²) in [5, 5.41) is 3.13. The van der Waals surface area contributed by atoms with Crippen LogP contribution >= 0.6 is 9.39 Å². The summed E-state index contributed by atoms with van der Waals surface area (Å²) in [5.74, 6) is 0. The van der Waals surface area contributed by atoms with Crippen molar-refractivity contribution in [2.24, 2.45) is 0 Å². The summed E-state index contributed by atoms with van der Waals surface area (Å²) in [7, 11) is 4.26. The molecule has 0 aromatic rings. The molecule has 0 saturated carbocycles. The second-order valence-corrected chi connectivity index (χ2v) is 3.85. The van der Waals surface area contributed by atoms with Gasteiger partial charge in [0.05, 0.1) is 25.9 Å².